The van der Waals surface area contributed by atoms with Crippen molar-refractivity contribution in [2.75, 3.05) is 13.3 Å². The molecule has 2 aromatic carbocycles. The molecule has 4 rings (SSSR count). The monoisotopic (exact) mass is 345 g/mol. The zero-order chi connectivity index (χ0) is 16.4. The van der Waals surface area contributed by atoms with Crippen molar-refractivity contribution in [3.8, 4) is 11.5 Å². The van der Waals surface area contributed by atoms with Gasteiger partial charge in [0.2, 0.25) is 6.79 Å². The molecule has 2 N–H and O–H groups in total. The van der Waals surface area contributed by atoms with Crippen molar-refractivity contribution in [1.29, 1.82) is 0 Å². The Bertz CT molecular complexity index is 779. The van der Waals surface area contributed by atoms with Crippen LogP contribution in [0, 0.1) is 0 Å². The van der Waals surface area contributed by atoms with E-state index in [1.807, 2.05) is 42.5 Å². The second kappa shape index (κ2) is 6.71. The molecule has 2 aromatic rings. The van der Waals surface area contributed by atoms with Crippen molar-refractivity contribution in [3.63, 3.8) is 0 Å². The lowest BCUT2D eigenvalue weighted by molar-refractivity contribution is -0.676. The van der Waals surface area contributed by atoms with Crippen LogP contribution in [0.2, 0.25) is 5.02 Å². The zero-order valence-electron chi connectivity index (χ0n) is 13.1. The van der Waals surface area contributed by atoms with Crippen LogP contribution in [0.1, 0.15) is 17.5 Å². The average Bonchev–Trinajstić information content (AvgIpc) is 3.25. The van der Waals surface area contributed by atoms with Crippen molar-refractivity contribution >= 4 is 17.3 Å². The number of rotatable bonds is 5. The highest BCUT2D eigenvalue weighted by Crippen LogP contribution is 2.33. The molecule has 0 aliphatic carbocycles. The molecule has 124 valence electrons. The summed E-state index contributed by atoms with van der Waals surface area (Å²) in [6.45, 7) is 1.95. The number of halogens is 1. The minimum Gasteiger partial charge on any atom is -0.454 e. The summed E-state index contributed by atoms with van der Waals surface area (Å²) in [5.41, 5.74) is 3.10. The van der Waals surface area contributed by atoms with Gasteiger partial charge in [-0.2, -0.15) is 0 Å². The molecule has 6 heteroatoms. The number of hydrogen-bond acceptors (Lipinski definition) is 4. The Balaban J connectivity index is 1.31. The van der Waals surface area contributed by atoms with Gasteiger partial charge in [0.1, 0.15) is 13.1 Å². The van der Waals surface area contributed by atoms with E-state index >= 15 is 0 Å². The Kier molecular flexibility index (Phi) is 4.28. The summed E-state index contributed by atoms with van der Waals surface area (Å²) in [6, 6.07) is 13.8. The predicted molar refractivity (Wildman–Crippen MR) is 90.5 cm³/mol. The van der Waals surface area contributed by atoms with Crippen LogP contribution in [0.25, 0.3) is 0 Å². The van der Waals surface area contributed by atoms with Gasteiger partial charge in [-0.3, -0.25) is 0 Å². The highest BCUT2D eigenvalue weighted by molar-refractivity contribution is 6.31. The van der Waals surface area contributed by atoms with E-state index in [0.717, 1.165) is 52.9 Å². The summed E-state index contributed by atoms with van der Waals surface area (Å²) < 4.78 is 10.7. The van der Waals surface area contributed by atoms with Gasteiger partial charge in [0.25, 0.3) is 0 Å². The van der Waals surface area contributed by atoms with Gasteiger partial charge in [-0.1, -0.05) is 35.0 Å². The average molecular weight is 346 g/mol. The van der Waals surface area contributed by atoms with E-state index in [1.54, 1.807) is 0 Å². The Morgan fingerprint density at radius 2 is 2.00 bits per heavy atom. The van der Waals surface area contributed by atoms with E-state index < -0.39 is 0 Å². The van der Waals surface area contributed by atoms with Crippen LogP contribution in [0.15, 0.2) is 47.6 Å². The standard InChI is InChI=1S/C18H17ClN2O3/c19-15-4-2-1-3-13(15)9-20-10-14-8-16(21-24-14)12-5-6-17-18(7-12)23-11-22-17/h1-7,14,20H,8-11H2/p+1/t14-/m0/s1. The number of nitrogens with zero attached hydrogens (tertiary/aromatic N) is 1. The summed E-state index contributed by atoms with van der Waals surface area (Å²) in [6.07, 6.45) is 0.867. The molecule has 0 fully saturated rings. The molecule has 0 radical (unpaired) electrons. The number of hydrogen-bond donors (Lipinski definition) is 1. The van der Waals surface area contributed by atoms with E-state index in [1.165, 1.54) is 0 Å². The number of quaternary nitrogens is 1. The summed E-state index contributed by atoms with van der Waals surface area (Å²) in [5.74, 6) is 1.55. The molecule has 0 bridgehead atoms. The molecule has 0 amide bonds. The van der Waals surface area contributed by atoms with E-state index in [9.17, 15) is 0 Å². The molecule has 0 spiro atoms. The second-order valence-electron chi connectivity index (χ2n) is 5.86. The molecule has 5 nitrogen and oxygen atoms in total. The maximum absolute atomic E-state index is 6.17. The lowest BCUT2D eigenvalue weighted by atomic mass is 10.0. The van der Waals surface area contributed by atoms with E-state index in [4.69, 9.17) is 25.9 Å². The highest BCUT2D eigenvalue weighted by Gasteiger charge is 2.25. The van der Waals surface area contributed by atoms with Gasteiger partial charge in [0.05, 0.1) is 5.71 Å². The van der Waals surface area contributed by atoms with Gasteiger partial charge in [-0.05, 0) is 24.3 Å². The van der Waals surface area contributed by atoms with Gasteiger partial charge in [0, 0.05) is 22.6 Å². The van der Waals surface area contributed by atoms with Crippen molar-refractivity contribution in [2.24, 2.45) is 5.16 Å². The molecule has 2 aliphatic rings. The quantitative estimate of drug-likeness (QED) is 0.904. The smallest absolute Gasteiger partial charge is 0.231 e. The summed E-state index contributed by atoms with van der Waals surface area (Å²) in [5, 5.41) is 7.23. The normalized spacial score (nSPS) is 18.4. The number of fused-ring (bicyclic) bond motifs is 1. The van der Waals surface area contributed by atoms with Crippen molar-refractivity contribution in [1.82, 2.24) is 0 Å². The van der Waals surface area contributed by atoms with Gasteiger partial charge in [-0.15, -0.1) is 0 Å². The van der Waals surface area contributed by atoms with Crippen LogP contribution in [-0.4, -0.2) is 25.2 Å². The predicted octanol–water partition coefficient (Wildman–Crippen LogP) is 2.33. The van der Waals surface area contributed by atoms with Crippen LogP contribution in [0.3, 0.4) is 0 Å². The first-order chi connectivity index (χ1) is 11.8. The Hall–Kier alpha value is -2.24. The Morgan fingerprint density at radius 3 is 2.92 bits per heavy atom. The maximum Gasteiger partial charge on any atom is 0.231 e. The van der Waals surface area contributed by atoms with E-state index in [-0.39, 0.29) is 12.9 Å². The summed E-state index contributed by atoms with van der Waals surface area (Å²) in [7, 11) is 0. The minimum atomic E-state index is 0.0768. The maximum atomic E-state index is 6.17. The SMILES string of the molecule is Clc1ccccc1C[NH2+]C[C@@H]1CC(c2ccc3c(c2)OCO3)=NO1. The largest absolute Gasteiger partial charge is 0.454 e. The van der Waals surface area contributed by atoms with Crippen LogP contribution in [0.4, 0.5) is 0 Å². The number of oxime groups is 1. The van der Waals surface area contributed by atoms with Gasteiger partial charge in [-0.25, -0.2) is 0 Å². The first kappa shape index (κ1) is 15.3. The molecule has 0 saturated carbocycles. The van der Waals surface area contributed by atoms with E-state index in [0.29, 0.717) is 0 Å². The molecule has 0 unspecified atom stereocenters. The molecular formula is C18H18ClN2O3+. The topological polar surface area (TPSA) is 56.7 Å². The fraction of sp³-hybridized carbons (Fsp3) is 0.278. The molecule has 24 heavy (non-hydrogen) atoms. The number of nitrogens with two attached hydrogens (primary N) is 1. The molecule has 0 aromatic heterocycles. The highest BCUT2D eigenvalue weighted by atomic mass is 35.5. The summed E-state index contributed by atoms with van der Waals surface area (Å²) in [4.78, 5) is 5.56. The van der Waals surface area contributed by atoms with Crippen LogP contribution >= 0.6 is 11.6 Å². The zero-order valence-corrected chi connectivity index (χ0v) is 13.8. The van der Waals surface area contributed by atoms with Crippen LogP contribution in [-0.2, 0) is 11.4 Å². The van der Waals surface area contributed by atoms with Crippen molar-refractivity contribution in [2.45, 2.75) is 19.1 Å². The van der Waals surface area contributed by atoms with Crippen LogP contribution in [0.5, 0.6) is 11.5 Å². The third kappa shape index (κ3) is 3.18. The van der Waals surface area contributed by atoms with Crippen molar-refractivity contribution in [3.05, 3.63) is 58.6 Å². The molecule has 2 aliphatic heterocycles. The van der Waals surface area contributed by atoms with Crippen molar-refractivity contribution < 1.29 is 19.6 Å². The van der Waals surface area contributed by atoms with Crippen LogP contribution < -0.4 is 14.8 Å². The lowest BCUT2D eigenvalue weighted by Gasteiger charge is -2.08. The molecular weight excluding hydrogens is 328 g/mol. The number of benzene rings is 2. The second-order valence-corrected chi connectivity index (χ2v) is 6.26. The third-order valence-corrected chi connectivity index (χ3v) is 4.56. The first-order valence-corrected chi connectivity index (χ1v) is 8.35. The fourth-order valence-corrected chi connectivity index (χ4v) is 3.10. The van der Waals surface area contributed by atoms with Gasteiger partial charge < -0.3 is 19.6 Å². The van der Waals surface area contributed by atoms with Gasteiger partial charge >= 0.3 is 0 Å². The fourth-order valence-electron chi connectivity index (χ4n) is 2.89. The molecule has 0 saturated heterocycles. The van der Waals surface area contributed by atoms with Gasteiger partial charge in [0.15, 0.2) is 17.6 Å². The minimum absolute atomic E-state index is 0.0768. The Morgan fingerprint density at radius 1 is 1.12 bits per heavy atom. The third-order valence-electron chi connectivity index (χ3n) is 4.19. The summed E-state index contributed by atoms with van der Waals surface area (Å²) >= 11 is 6.17. The molecule has 1 atom stereocenters. The molecule has 2 heterocycles. The van der Waals surface area contributed by atoms with E-state index in [2.05, 4.69) is 10.5 Å². The first-order valence-electron chi connectivity index (χ1n) is 7.97. The number of ether oxygens (including phenoxy) is 2. The lowest BCUT2D eigenvalue weighted by Crippen LogP contribution is -2.84. The Labute approximate surface area is 145 Å².